The maximum Gasteiger partial charge on any atom is 0.266 e. The molecule has 0 unspecified atom stereocenters. The Bertz CT molecular complexity index is 826. The predicted octanol–water partition coefficient (Wildman–Crippen LogP) is 4.14. The minimum atomic E-state index is -0.412. The van der Waals surface area contributed by atoms with Crippen molar-refractivity contribution in [2.45, 2.75) is 13.8 Å². The summed E-state index contributed by atoms with van der Waals surface area (Å²) >= 11 is 0. The van der Waals surface area contributed by atoms with Gasteiger partial charge in [0.25, 0.3) is 5.91 Å². The highest BCUT2D eigenvalue weighted by Gasteiger charge is 2.10. The van der Waals surface area contributed by atoms with E-state index in [0.29, 0.717) is 5.69 Å². The maximum atomic E-state index is 12.4. The van der Waals surface area contributed by atoms with Crippen LogP contribution in [0.2, 0.25) is 0 Å². The van der Waals surface area contributed by atoms with Crippen molar-refractivity contribution in [2.24, 2.45) is 0 Å². The number of nitrogens with one attached hydrogen (secondary N) is 1. The SMILES string of the molecule is CCN(CC)c1ccc(NC(=O)/C(C#N)=C\c2ccc(N(C)C)cc2)cc1. The zero-order valence-electron chi connectivity index (χ0n) is 16.4. The van der Waals surface area contributed by atoms with E-state index in [-0.39, 0.29) is 5.57 Å². The fraction of sp³-hybridized carbons (Fsp3) is 0.273. The molecule has 0 aliphatic rings. The monoisotopic (exact) mass is 362 g/mol. The number of nitrogens with zero attached hydrogens (tertiary/aromatic N) is 3. The molecule has 0 saturated heterocycles. The summed E-state index contributed by atoms with van der Waals surface area (Å²) in [5, 5.41) is 12.2. The van der Waals surface area contributed by atoms with Crippen molar-refractivity contribution in [3.05, 3.63) is 59.7 Å². The summed E-state index contributed by atoms with van der Waals surface area (Å²) in [6.07, 6.45) is 1.60. The highest BCUT2D eigenvalue weighted by atomic mass is 16.1. The molecule has 0 atom stereocenters. The molecule has 2 aromatic carbocycles. The first kappa shape index (κ1) is 20.1. The molecule has 1 N–H and O–H groups in total. The van der Waals surface area contributed by atoms with Gasteiger partial charge in [0.1, 0.15) is 11.6 Å². The standard InChI is InChI=1S/C22H26N4O/c1-5-26(6-2)21-13-9-19(10-14-21)24-22(27)18(16-23)15-17-7-11-20(12-8-17)25(3)4/h7-15H,5-6H2,1-4H3,(H,24,27)/b18-15-. The van der Waals surface area contributed by atoms with Crippen molar-refractivity contribution in [1.29, 1.82) is 5.26 Å². The second-order valence-electron chi connectivity index (χ2n) is 6.33. The van der Waals surface area contributed by atoms with Gasteiger partial charge in [-0.05, 0) is 61.9 Å². The van der Waals surface area contributed by atoms with E-state index in [2.05, 4.69) is 24.1 Å². The van der Waals surface area contributed by atoms with Gasteiger partial charge < -0.3 is 15.1 Å². The second kappa shape index (κ2) is 9.44. The Morgan fingerprint density at radius 3 is 2.04 bits per heavy atom. The zero-order valence-corrected chi connectivity index (χ0v) is 16.4. The molecule has 0 heterocycles. The summed E-state index contributed by atoms with van der Waals surface area (Å²) in [7, 11) is 3.93. The lowest BCUT2D eigenvalue weighted by Crippen LogP contribution is -2.21. The molecule has 2 aromatic rings. The van der Waals surface area contributed by atoms with Crippen LogP contribution in [0, 0.1) is 11.3 Å². The molecule has 2 rings (SSSR count). The molecule has 0 aliphatic carbocycles. The van der Waals surface area contributed by atoms with Crippen molar-refractivity contribution < 1.29 is 4.79 Å². The molecule has 0 fully saturated rings. The summed E-state index contributed by atoms with van der Waals surface area (Å²) in [5.41, 5.74) is 3.71. The van der Waals surface area contributed by atoms with Crippen LogP contribution in [0.1, 0.15) is 19.4 Å². The van der Waals surface area contributed by atoms with Gasteiger partial charge in [-0.3, -0.25) is 4.79 Å². The second-order valence-corrected chi connectivity index (χ2v) is 6.33. The molecule has 0 aliphatic heterocycles. The minimum Gasteiger partial charge on any atom is -0.378 e. The molecule has 1 amide bonds. The Kier molecular flexibility index (Phi) is 7.01. The number of rotatable bonds is 7. The highest BCUT2D eigenvalue weighted by Crippen LogP contribution is 2.19. The normalized spacial score (nSPS) is 10.9. The number of carbonyl (C=O) groups excluding carboxylic acids is 1. The summed E-state index contributed by atoms with van der Waals surface area (Å²) < 4.78 is 0. The number of nitriles is 1. The molecule has 140 valence electrons. The van der Waals surface area contributed by atoms with E-state index in [9.17, 15) is 10.1 Å². The van der Waals surface area contributed by atoms with Gasteiger partial charge in [-0.25, -0.2) is 0 Å². The zero-order chi connectivity index (χ0) is 19.8. The number of benzene rings is 2. The number of hydrogen-bond acceptors (Lipinski definition) is 4. The van der Waals surface area contributed by atoms with Crippen molar-refractivity contribution in [2.75, 3.05) is 42.3 Å². The number of hydrogen-bond donors (Lipinski definition) is 1. The lowest BCUT2D eigenvalue weighted by atomic mass is 10.1. The fourth-order valence-electron chi connectivity index (χ4n) is 2.73. The number of amides is 1. The van der Waals surface area contributed by atoms with E-state index < -0.39 is 5.91 Å². The molecule has 0 aromatic heterocycles. The first-order valence-corrected chi connectivity index (χ1v) is 9.04. The molecule has 5 heteroatoms. The van der Waals surface area contributed by atoms with Gasteiger partial charge in [-0.1, -0.05) is 12.1 Å². The van der Waals surface area contributed by atoms with Crippen LogP contribution in [-0.4, -0.2) is 33.1 Å². The van der Waals surface area contributed by atoms with Gasteiger partial charge >= 0.3 is 0 Å². The molecule has 0 bridgehead atoms. The highest BCUT2D eigenvalue weighted by molar-refractivity contribution is 6.09. The average molecular weight is 362 g/mol. The Labute approximate surface area is 161 Å². The first-order valence-electron chi connectivity index (χ1n) is 9.04. The third-order valence-electron chi connectivity index (χ3n) is 4.34. The predicted molar refractivity (Wildman–Crippen MR) is 113 cm³/mol. The van der Waals surface area contributed by atoms with E-state index in [4.69, 9.17) is 0 Å². The quantitative estimate of drug-likeness (QED) is 0.594. The van der Waals surface area contributed by atoms with Gasteiger partial charge in [0.05, 0.1) is 0 Å². The fourth-order valence-corrected chi connectivity index (χ4v) is 2.73. The van der Waals surface area contributed by atoms with Gasteiger partial charge in [-0.2, -0.15) is 5.26 Å². The summed E-state index contributed by atoms with van der Waals surface area (Å²) in [6.45, 7) is 6.06. The first-order chi connectivity index (χ1) is 13.0. The summed E-state index contributed by atoms with van der Waals surface area (Å²) in [6, 6.07) is 17.3. The van der Waals surface area contributed by atoms with Gasteiger partial charge in [0.15, 0.2) is 0 Å². The van der Waals surface area contributed by atoms with Crippen molar-refractivity contribution in [3.8, 4) is 6.07 Å². The molecule has 5 nitrogen and oxygen atoms in total. The van der Waals surface area contributed by atoms with E-state index in [1.807, 2.05) is 73.6 Å². The molecule has 0 radical (unpaired) electrons. The topological polar surface area (TPSA) is 59.4 Å². The Balaban J connectivity index is 2.11. The van der Waals surface area contributed by atoms with Crippen LogP contribution in [0.15, 0.2) is 54.1 Å². The minimum absolute atomic E-state index is 0.0698. The lowest BCUT2D eigenvalue weighted by Gasteiger charge is -2.21. The van der Waals surface area contributed by atoms with Crippen LogP contribution in [0.25, 0.3) is 6.08 Å². The summed E-state index contributed by atoms with van der Waals surface area (Å²) in [4.78, 5) is 16.7. The van der Waals surface area contributed by atoms with Crippen LogP contribution >= 0.6 is 0 Å². The van der Waals surface area contributed by atoms with Crippen LogP contribution in [-0.2, 0) is 4.79 Å². The Hall–Kier alpha value is -3.26. The third-order valence-corrected chi connectivity index (χ3v) is 4.34. The largest absolute Gasteiger partial charge is 0.378 e. The third kappa shape index (κ3) is 5.35. The maximum absolute atomic E-state index is 12.4. The Morgan fingerprint density at radius 1 is 1.00 bits per heavy atom. The molecular formula is C22H26N4O. The van der Waals surface area contributed by atoms with Gasteiger partial charge in [0, 0.05) is 44.2 Å². The summed E-state index contributed by atoms with van der Waals surface area (Å²) in [5.74, 6) is -0.412. The molecule has 0 spiro atoms. The van der Waals surface area contributed by atoms with Crippen LogP contribution in [0.4, 0.5) is 17.1 Å². The van der Waals surface area contributed by atoms with E-state index in [0.717, 1.165) is 30.0 Å². The van der Waals surface area contributed by atoms with Gasteiger partial charge in [0.2, 0.25) is 0 Å². The van der Waals surface area contributed by atoms with E-state index >= 15 is 0 Å². The number of anilines is 3. The van der Waals surface area contributed by atoms with Crippen LogP contribution in [0.3, 0.4) is 0 Å². The van der Waals surface area contributed by atoms with E-state index in [1.54, 1.807) is 6.08 Å². The molecular weight excluding hydrogens is 336 g/mol. The van der Waals surface area contributed by atoms with Crippen LogP contribution in [0.5, 0.6) is 0 Å². The van der Waals surface area contributed by atoms with Crippen LogP contribution < -0.4 is 15.1 Å². The molecule has 0 saturated carbocycles. The van der Waals surface area contributed by atoms with Crippen molar-refractivity contribution in [3.63, 3.8) is 0 Å². The van der Waals surface area contributed by atoms with Crippen molar-refractivity contribution >= 4 is 29.0 Å². The Morgan fingerprint density at radius 2 is 1.56 bits per heavy atom. The smallest absolute Gasteiger partial charge is 0.266 e. The van der Waals surface area contributed by atoms with Crippen molar-refractivity contribution in [1.82, 2.24) is 0 Å². The molecule has 27 heavy (non-hydrogen) atoms. The van der Waals surface area contributed by atoms with Gasteiger partial charge in [-0.15, -0.1) is 0 Å². The van der Waals surface area contributed by atoms with E-state index in [1.165, 1.54) is 0 Å². The number of carbonyl (C=O) groups is 1. The lowest BCUT2D eigenvalue weighted by molar-refractivity contribution is -0.112. The average Bonchev–Trinajstić information content (AvgIpc) is 2.68.